The molecule has 1 rings (SSSR count). The van der Waals surface area contributed by atoms with Gasteiger partial charge in [0.1, 0.15) is 0 Å². The second-order valence-corrected chi connectivity index (χ2v) is 6.66. The summed E-state index contributed by atoms with van der Waals surface area (Å²) >= 11 is 0. The Morgan fingerprint density at radius 1 is 0.833 bits per heavy atom. The lowest BCUT2D eigenvalue weighted by Crippen LogP contribution is -2.16. The quantitative estimate of drug-likeness (QED) is 0.624. The standard InChI is InChI=1S/C17H21N/c1-16(2,3)14-10-13(8-7-9-18)11-15(12-14)17(4,5)6/h10-12H,1-6H3. The molecule has 0 saturated carbocycles. The van der Waals surface area contributed by atoms with Crippen LogP contribution >= 0.6 is 0 Å². The van der Waals surface area contributed by atoms with Crippen molar-refractivity contribution < 1.29 is 0 Å². The third kappa shape index (κ3) is 3.64. The Balaban J connectivity index is 3.45. The van der Waals surface area contributed by atoms with E-state index in [1.807, 2.05) is 6.07 Å². The van der Waals surface area contributed by atoms with Gasteiger partial charge >= 0.3 is 0 Å². The summed E-state index contributed by atoms with van der Waals surface area (Å²) in [6, 6.07) is 8.28. The van der Waals surface area contributed by atoms with Crippen LogP contribution < -0.4 is 0 Å². The lowest BCUT2D eigenvalue weighted by molar-refractivity contribution is 0.568. The minimum atomic E-state index is 0.0876. The number of benzene rings is 1. The van der Waals surface area contributed by atoms with E-state index in [4.69, 9.17) is 5.26 Å². The van der Waals surface area contributed by atoms with Gasteiger partial charge in [-0.15, -0.1) is 0 Å². The maximum absolute atomic E-state index is 8.56. The lowest BCUT2D eigenvalue weighted by Gasteiger charge is -2.25. The van der Waals surface area contributed by atoms with Crippen LogP contribution in [-0.2, 0) is 10.8 Å². The fourth-order valence-corrected chi connectivity index (χ4v) is 1.67. The average Bonchev–Trinajstić information content (AvgIpc) is 2.23. The van der Waals surface area contributed by atoms with Crippen LogP contribution in [0.2, 0.25) is 0 Å². The van der Waals surface area contributed by atoms with Gasteiger partial charge in [-0.1, -0.05) is 53.5 Å². The van der Waals surface area contributed by atoms with Gasteiger partial charge in [0.15, 0.2) is 6.07 Å². The molecule has 0 aliphatic heterocycles. The van der Waals surface area contributed by atoms with Crippen molar-refractivity contribution in [3.8, 4) is 17.9 Å². The van der Waals surface area contributed by atoms with Crippen LogP contribution in [-0.4, -0.2) is 0 Å². The van der Waals surface area contributed by atoms with Crippen molar-refractivity contribution in [1.82, 2.24) is 0 Å². The summed E-state index contributed by atoms with van der Waals surface area (Å²) in [5.74, 6) is 5.39. The van der Waals surface area contributed by atoms with E-state index < -0.39 is 0 Å². The number of hydrogen-bond donors (Lipinski definition) is 0. The number of nitrogens with zero attached hydrogens (tertiary/aromatic N) is 1. The zero-order chi connectivity index (χ0) is 14.0. The second kappa shape index (κ2) is 4.87. The van der Waals surface area contributed by atoms with E-state index in [0.717, 1.165) is 5.56 Å². The zero-order valence-corrected chi connectivity index (χ0v) is 12.2. The van der Waals surface area contributed by atoms with Gasteiger partial charge in [-0.05, 0) is 34.1 Å². The molecule has 1 aromatic carbocycles. The fraction of sp³-hybridized carbons (Fsp3) is 0.471. The Labute approximate surface area is 111 Å². The van der Waals surface area contributed by atoms with Gasteiger partial charge in [0, 0.05) is 11.5 Å². The van der Waals surface area contributed by atoms with Crippen LogP contribution in [0.15, 0.2) is 18.2 Å². The predicted molar refractivity (Wildman–Crippen MR) is 76.3 cm³/mol. The summed E-state index contributed by atoms with van der Waals surface area (Å²) in [5.41, 5.74) is 3.62. The van der Waals surface area contributed by atoms with Gasteiger partial charge in [-0.25, -0.2) is 0 Å². The summed E-state index contributed by atoms with van der Waals surface area (Å²) in [6.07, 6.45) is 0. The molecule has 0 N–H and O–H groups in total. The maximum Gasteiger partial charge on any atom is 0.152 e. The second-order valence-electron chi connectivity index (χ2n) is 6.66. The predicted octanol–water partition coefficient (Wildman–Crippen LogP) is 4.16. The van der Waals surface area contributed by atoms with E-state index in [1.54, 1.807) is 0 Å². The molecule has 94 valence electrons. The molecule has 0 saturated heterocycles. The largest absolute Gasteiger partial charge is 0.183 e. The summed E-state index contributed by atoms with van der Waals surface area (Å²) in [6.45, 7) is 13.1. The molecule has 0 heterocycles. The Bertz CT molecular complexity index is 502. The molecule has 0 bridgehead atoms. The molecule has 0 aromatic heterocycles. The normalized spacial score (nSPS) is 11.4. The minimum absolute atomic E-state index is 0.0876. The summed E-state index contributed by atoms with van der Waals surface area (Å²) in [5, 5.41) is 8.56. The van der Waals surface area contributed by atoms with E-state index >= 15 is 0 Å². The van der Waals surface area contributed by atoms with Gasteiger partial charge < -0.3 is 0 Å². The van der Waals surface area contributed by atoms with Crippen LogP contribution in [0.5, 0.6) is 0 Å². The highest BCUT2D eigenvalue weighted by Gasteiger charge is 2.20. The molecule has 18 heavy (non-hydrogen) atoms. The molecule has 0 aliphatic rings. The topological polar surface area (TPSA) is 23.8 Å². The molecule has 0 radical (unpaired) electrons. The van der Waals surface area contributed by atoms with Crippen LogP contribution in [0.1, 0.15) is 58.2 Å². The third-order valence-corrected chi connectivity index (χ3v) is 2.93. The molecule has 1 heteroatoms. The maximum atomic E-state index is 8.56. The monoisotopic (exact) mass is 239 g/mol. The van der Waals surface area contributed by atoms with E-state index in [2.05, 4.69) is 71.6 Å². The number of nitriles is 1. The van der Waals surface area contributed by atoms with Gasteiger partial charge in [-0.3, -0.25) is 0 Å². The molecule has 0 fully saturated rings. The molecule has 0 amide bonds. The highest BCUT2D eigenvalue weighted by molar-refractivity contribution is 5.46. The summed E-state index contributed by atoms with van der Waals surface area (Å²) < 4.78 is 0. The number of hydrogen-bond acceptors (Lipinski definition) is 1. The Hall–Kier alpha value is -1.73. The Morgan fingerprint density at radius 2 is 1.28 bits per heavy atom. The van der Waals surface area contributed by atoms with Crippen LogP contribution in [0.25, 0.3) is 0 Å². The Morgan fingerprint density at radius 3 is 1.61 bits per heavy atom. The van der Waals surface area contributed by atoms with Crippen LogP contribution in [0.4, 0.5) is 0 Å². The molecule has 0 aliphatic carbocycles. The smallest absolute Gasteiger partial charge is 0.152 e. The van der Waals surface area contributed by atoms with Gasteiger partial charge in [0.2, 0.25) is 0 Å². The highest BCUT2D eigenvalue weighted by Crippen LogP contribution is 2.30. The zero-order valence-electron chi connectivity index (χ0n) is 12.2. The van der Waals surface area contributed by atoms with Gasteiger partial charge in [0.25, 0.3) is 0 Å². The number of rotatable bonds is 0. The average molecular weight is 239 g/mol. The third-order valence-electron chi connectivity index (χ3n) is 2.93. The van der Waals surface area contributed by atoms with Gasteiger partial charge in [-0.2, -0.15) is 5.26 Å². The van der Waals surface area contributed by atoms with E-state index in [1.165, 1.54) is 11.1 Å². The first kappa shape index (κ1) is 14.3. The first-order chi connectivity index (χ1) is 8.14. The molecule has 0 spiro atoms. The minimum Gasteiger partial charge on any atom is -0.183 e. The van der Waals surface area contributed by atoms with Crippen molar-refractivity contribution in [3.05, 3.63) is 34.9 Å². The SMILES string of the molecule is CC(C)(C)c1cc(C#CC#N)cc(C(C)(C)C)c1. The van der Waals surface area contributed by atoms with Crippen molar-refractivity contribution in [2.75, 3.05) is 0 Å². The van der Waals surface area contributed by atoms with Crippen molar-refractivity contribution in [3.63, 3.8) is 0 Å². The van der Waals surface area contributed by atoms with Crippen LogP contribution in [0, 0.1) is 23.2 Å². The Kier molecular flexibility index (Phi) is 3.88. The van der Waals surface area contributed by atoms with Crippen molar-refractivity contribution in [1.29, 1.82) is 5.26 Å². The first-order valence-corrected chi connectivity index (χ1v) is 6.21. The highest BCUT2D eigenvalue weighted by atomic mass is 14.2. The molecule has 1 nitrogen and oxygen atoms in total. The van der Waals surface area contributed by atoms with Crippen LogP contribution in [0.3, 0.4) is 0 Å². The van der Waals surface area contributed by atoms with E-state index in [9.17, 15) is 0 Å². The van der Waals surface area contributed by atoms with Crippen molar-refractivity contribution in [2.24, 2.45) is 0 Å². The lowest BCUT2D eigenvalue weighted by atomic mass is 9.79. The molecular weight excluding hydrogens is 218 g/mol. The van der Waals surface area contributed by atoms with E-state index in [-0.39, 0.29) is 10.8 Å². The first-order valence-electron chi connectivity index (χ1n) is 6.21. The van der Waals surface area contributed by atoms with Crippen molar-refractivity contribution >= 4 is 0 Å². The molecule has 0 unspecified atom stereocenters. The summed E-state index contributed by atoms with van der Waals surface area (Å²) in [7, 11) is 0. The van der Waals surface area contributed by atoms with E-state index in [0.29, 0.717) is 0 Å². The molecular formula is C17H21N. The molecule has 0 atom stereocenters. The van der Waals surface area contributed by atoms with Crippen molar-refractivity contribution in [2.45, 2.75) is 52.4 Å². The molecule has 1 aromatic rings. The summed E-state index contributed by atoms with van der Waals surface area (Å²) in [4.78, 5) is 0. The fourth-order valence-electron chi connectivity index (χ4n) is 1.67. The van der Waals surface area contributed by atoms with Gasteiger partial charge in [0.05, 0.1) is 0 Å².